The van der Waals surface area contributed by atoms with Gasteiger partial charge in [0.2, 0.25) is 0 Å². The van der Waals surface area contributed by atoms with Crippen molar-refractivity contribution in [3.8, 4) is 0 Å². The molecule has 0 aromatic heterocycles. The smallest absolute Gasteiger partial charge is 0.335 e. The van der Waals surface area contributed by atoms with Gasteiger partial charge in [-0.25, -0.2) is 4.79 Å². The molecule has 0 aliphatic heterocycles. The fourth-order valence-corrected chi connectivity index (χ4v) is 1.93. The number of anilines is 2. The summed E-state index contributed by atoms with van der Waals surface area (Å²) >= 11 is 5.80. The molecule has 0 radical (unpaired) electrons. The Morgan fingerprint density at radius 2 is 1.95 bits per heavy atom. The van der Waals surface area contributed by atoms with Crippen LogP contribution < -0.4 is 5.32 Å². The molecule has 0 bridgehead atoms. The number of nitro benzene ring substituents is 1. The van der Waals surface area contributed by atoms with Gasteiger partial charge in [-0.15, -0.1) is 0 Å². The summed E-state index contributed by atoms with van der Waals surface area (Å²) in [4.78, 5) is 21.3. The molecule has 0 saturated carbocycles. The number of nitrogens with zero attached hydrogens (tertiary/aromatic N) is 1. The number of halogens is 1. The monoisotopic (exact) mass is 292 g/mol. The third-order valence-electron chi connectivity index (χ3n) is 2.56. The Bertz CT molecular complexity index is 688. The van der Waals surface area contributed by atoms with Gasteiger partial charge in [0.15, 0.2) is 0 Å². The van der Waals surface area contributed by atoms with Crippen LogP contribution in [0.15, 0.2) is 42.5 Å². The van der Waals surface area contributed by atoms with Gasteiger partial charge in [-0.1, -0.05) is 23.7 Å². The van der Waals surface area contributed by atoms with Crippen LogP contribution >= 0.6 is 11.6 Å². The Morgan fingerprint density at radius 1 is 1.25 bits per heavy atom. The van der Waals surface area contributed by atoms with Crippen LogP contribution in [-0.4, -0.2) is 16.0 Å². The van der Waals surface area contributed by atoms with Crippen LogP contribution in [0.3, 0.4) is 0 Å². The highest BCUT2D eigenvalue weighted by molar-refractivity contribution is 6.33. The number of para-hydroxylation sites is 1. The van der Waals surface area contributed by atoms with Crippen molar-refractivity contribution in [2.75, 3.05) is 5.32 Å². The van der Waals surface area contributed by atoms with Gasteiger partial charge in [-0.2, -0.15) is 0 Å². The molecule has 0 spiro atoms. The van der Waals surface area contributed by atoms with Crippen molar-refractivity contribution in [2.24, 2.45) is 0 Å². The average molecular weight is 293 g/mol. The second-order valence-corrected chi connectivity index (χ2v) is 4.31. The number of nitro groups is 1. The zero-order chi connectivity index (χ0) is 14.7. The lowest BCUT2D eigenvalue weighted by atomic mass is 10.2. The SMILES string of the molecule is O=C(O)c1cccc(Nc2cccc(Cl)c2[N+](=O)[O-])c1. The number of carboxylic acids is 1. The van der Waals surface area contributed by atoms with Crippen molar-refractivity contribution in [3.05, 3.63) is 63.2 Å². The molecule has 7 heteroatoms. The molecule has 0 fully saturated rings. The van der Waals surface area contributed by atoms with Crippen LogP contribution in [0.1, 0.15) is 10.4 Å². The van der Waals surface area contributed by atoms with Crippen molar-refractivity contribution in [3.63, 3.8) is 0 Å². The maximum absolute atomic E-state index is 11.0. The van der Waals surface area contributed by atoms with Gasteiger partial charge in [0, 0.05) is 5.69 Å². The van der Waals surface area contributed by atoms with Crippen molar-refractivity contribution in [1.82, 2.24) is 0 Å². The lowest BCUT2D eigenvalue weighted by Crippen LogP contribution is -2.00. The number of aromatic carboxylic acids is 1. The van der Waals surface area contributed by atoms with Crippen molar-refractivity contribution in [1.29, 1.82) is 0 Å². The molecule has 2 rings (SSSR count). The van der Waals surface area contributed by atoms with Crippen molar-refractivity contribution < 1.29 is 14.8 Å². The Morgan fingerprint density at radius 3 is 2.60 bits per heavy atom. The Hall–Kier alpha value is -2.60. The lowest BCUT2D eigenvalue weighted by Gasteiger charge is -2.08. The van der Waals surface area contributed by atoms with Gasteiger partial charge in [-0.05, 0) is 30.3 Å². The first kappa shape index (κ1) is 13.8. The highest BCUT2D eigenvalue weighted by atomic mass is 35.5. The zero-order valence-corrected chi connectivity index (χ0v) is 10.8. The molecule has 2 N–H and O–H groups in total. The largest absolute Gasteiger partial charge is 0.478 e. The number of benzene rings is 2. The van der Waals surface area contributed by atoms with Gasteiger partial charge in [0.25, 0.3) is 0 Å². The van der Waals surface area contributed by atoms with Crippen LogP contribution in [0.2, 0.25) is 5.02 Å². The number of nitrogens with one attached hydrogen (secondary N) is 1. The van der Waals surface area contributed by atoms with E-state index in [-0.39, 0.29) is 22.0 Å². The van der Waals surface area contributed by atoms with Gasteiger partial charge < -0.3 is 10.4 Å². The van der Waals surface area contributed by atoms with Crippen LogP contribution in [0, 0.1) is 10.1 Å². The summed E-state index contributed by atoms with van der Waals surface area (Å²) in [7, 11) is 0. The molecule has 0 unspecified atom stereocenters. The molecule has 0 saturated heterocycles. The van der Waals surface area contributed by atoms with E-state index in [0.717, 1.165) is 0 Å². The fraction of sp³-hybridized carbons (Fsp3) is 0. The second kappa shape index (κ2) is 5.58. The minimum Gasteiger partial charge on any atom is -0.478 e. The molecule has 0 heterocycles. The number of hydrogen-bond acceptors (Lipinski definition) is 4. The molecule has 2 aromatic carbocycles. The van der Waals surface area contributed by atoms with Crippen LogP contribution in [-0.2, 0) is 0 Å². The second-order valence-electron chi connectivity index (χ2n) is 3.90. The van der Waals surface area contributed by atoms with Crippen LogP contribution in [0.4, 0.5) is 17.1 Å². The number of rotatable bonds is 4. The Kier molecular flexibility index (Phi) is 3.86. The standard InChI is InChI=1S/C13H9ClN2O4/c14-10-5-2-6-11(12(10)16(19)20)15-9-4-1-3-8(7-9)13(17)18/h1-7,15H,(H,17,18). The quantitative estimate of drug-likeness (QED) is 0.662. The number of carbonyl (C=O) groups is 1. The van der Waals surface area contributed by atoms with Crippen LogP contribution in [0.5, 0.6) is 0 Å². The van der Waals surface area contributed by atoms with Gasteiger partial charge in [0.05, 0.1) is 10.5 Å². The van der Waals surface area contributed by atoms with E-state index in [1.165, 1.54) is 24.3 Å². The molecular formula is C13H9ClN2O4. The molecule has 2 aromatic rings. The number of hydrogen-bond donors (Lipinski definition) is 2. The first-order chi connectivity index (χ1) is 9.49. The fourth-order valence-electron chi connectivity index (χ4n) is 1.69. The molecule has 0 atom stereocenters. The lowest BCUT2D eigenvalue weighted by molar-refractivity contribution is -0.383. The van der Waals surface area contributed by atoms with Crippen LogP contribution in [0.25, 0.3) is 0 Å². The van der Waals surface area contributed by atoms with E-state index in [4.69, 9.17) is 16.7 Å². The maximum atomic E-state index is 11.0. The Labute approximate surface area is 118 Å². The molecule has 20 heavy (non-hydrogen) atoms. The topological polar surface area (TPSA) is 92.5 Å². The van der Waals surface area contributed by atoms with E-state index in [2.05, 4.69) is 5.32 Å². The zero-order valence-electron chi connectivity index (χ0n) is 10.0. The highest BCUT2D eigenvalue weighted by Crippen LogP contribution is 2.34. The van der Waals surface area contributed by atoms with E-state index in [1.807, 2.05) is 0 Å². The minimum atomic E-state index is -1.07. The van der Waals surface area contributed by atoms with Gasteiger partial charge in [0.1, 0.15) is 10.7 Å². The average Bonchev–Trinajstić information content (AvgIpc) is 2.38. The molecule has 0 aliphatic rings. The van der Waals surface area contributed by atoms with E-state index in [9.17, 15) is 14.9 Å². The predicted molar refractivity (Wildman–Crippen MR) is 74.8 cm³/mol. The minimum absolute atomic E-state index is 0.00869. The Balaban J connectivity index is 2.40. The van der Waals surface area contributed by atoms with E-state index in [0.29, 0.717) is 5.69 Å². The summed E-state index contributed by atoms with van der Waals surface area (Å²) < 4.78 is 0. The van der Waals surface area contributed by atoms with E-state index < -0.39 is 10.9 Å². The first-order valence-electron chi connectivity index (χ1n) is 5.52. The summed E-state index contributed by atoms with van der Waals surface area (Å²) in [5, 5.41) is 22.7. The summed E-state index contributed by atoms with van der Waals surface area (Å²) in [5.74, 6) is -1.07. The van der Waals surface area contributed by atoms with E-state index in [1.54, 1.807) is 18.2 Å². The summed E-state index contributed by atoms with van der Waals surface area (Å²) in [5.41, 5.74) is 0.454. The summed E-state index contributed by atoms with van der Waals surface area (Å²) in [6, 6.07) is 10.4. The third kappa shape index (κ3) is 2.86. The molecular weight excluding hydrogens is 284 g/mol. The van der Waals surface area contributed by atoms with Gasteiger partial charge >= 0.3 is 11.7 Å². The highest BCUT2D eigenvalue weighted by Gasteiger charge is 2.18. The predicted octanol–water partition coefficient (Wildman–Crippen LogP) is 3.69. The molecule has 6 nitrogen and oxygen atoms in total. The summed E-state index contributed by atoms with van der Waals surface area (Å²) in [6.45, 7) is 0. The van der Waals surface area contributed by atoms with Gasteiger partial charge in [-0.3, -0.25) is 10.1 Å². The third-order valence-corrected chi connectivity index (χ3v) is 2.86. The molecule has 0 amide bonds. The molecule has 0 aliphatic carbocycles. The number of carboxylic acid groups (broad SMARTS) is 1. The molecule has 102 valence electrons. The van der Waals surface area contributed by atoms with E-state index >= 15 is 0 Å². The normalized spacial score (nSPS) is 10.1. The maximum Gasteiger partial charge on any atom is 0.335 e. The van der Waals surface area contributed by atoms with Crippen molar-refractivity contribution in [2.45, 2.75) is 0 Å². The van der Waals surface area contributed by atoms with Crippen molar-refractivity contribution >= 4 is 34.6 Å². The summed E-state index contributed by atoms with van der Waals surface area (Å²) in [6.07, 6.45) is 0. The first-order valence-corrected chi connectivity index (χ1v) is 5.90.